The SMILES string of the molecule is CCCOc1ccc(C=Cc2nc3c([nH]2)c(=O)n(CC)c(=O)n3CC)cc1. The molecular formula is C20H24N4O3. The van der Waals surface area contributed by atoms with Crippen LogP contribution < -0.4 is 16.0 Å². The predicted molar refractivity (Wildman–Crippen MR) is 107 cm³/mol. The highest BCUT2D eigenvalue weighted by Crippen LogP contribution is 2.15. The highest BCUT2D eigenvalue weighted by molar-refractivity contribution is 5.75. The van der Waals surface area contributed by atoms with Gasteiger partial charge < -0.3 is 9.72 Å². The first-order valence-corrected chi connectivity index (χ1v) is 9.23. The number of nitrogens with zero attached hydrogens (tertiary/aromatic N) is 3. The smallest absolute Gasteiger partial charge is 0.332 e. The van der Waals surface area contributed by atoms with E-state index < -0.39 is 0 Å². The van der Waals surface area contributed by atoms with Gasteiger partial charge in [0.1, 0.15) is 17.1 Å². The maximum absolute atomic E-state index is 12.5. The molecule has 1 aromatic carbocycles. The molecule has 0 spiro atoms. The monoisotopic (exact) mass is 368 g/mol. The number of aromatic nitrogens is 4. The lowest BCUT2D eigenvalue weighted by Gasteiger charge is -2.06. The van der Waals surface area contributed by atoms with E-state index in [1.807, 2.05) is 37.3 Å². The van der Waals surface area contributed by atoms with Gasteiger partial charge in [-0.1, -0.05) is 25.1 Å². The van der Waals surface area contributed by atoms with Gasteiger partial charge in [-0.25, -0.2) is 9.78 Å². The fourth-order valence-corrected chi connectivity index (χ4v) is 2.90. The lowest BCUT2D eigenvalue weighted by molar-refractivity contribution is 0.317. The summed E-state index contributed by atoms with van der Waals surface area (Å²) in [7, 11) is 0. The minimum Gasteiger partial charge on any atom is -0.494 e. The normalized spacial score (nSPS) is 11.5. The van der Waals surface area contributed by atoms with Gasteiger partial charge in [0.2, 0.25) is 0 Å². The van der Waals surface area contributed by atoms with Gasteiger partial charge in [0.15, 0.2) is 5.65 Å². The van der Waals surface area contributed by atoms with Crippen LogP contribution >= 0.6 is 0 Å². The molecule has 0 atom stereocenters. The summed E-state index contributed by atoms with van der Waals surface area (Å²) in [4.78, 5) is 32.4. The highest BCUT2D eigenvalue weighted by Gasteiger charge is 2.14. The third-order valence-corrected chi connectivity index (χ3v) is 4.30. The standard InChI is InChI=1S/C20H24N4O3/c1-4-13-27-15-10-7-14(8-11-15)9-12-16-21-17-18(22-16)23(5-2)20(26)24(6-3)19(17)25/h7-12H,4-6,13H2,1-3H3,(H,21,22). The maximum Gasteiger partial charge on any atom is 0.332 e. The van der Waals surface area contributed by atoms with Crippen molar-refractivity contribution in [1.82, 2.24) is 19.1 Å². The zero-order valence-electron chi connectivity index (χ0n) is 15.9. The summed E-state index contributed by atoms with van der Waals surface area (Å²) < 4.78 is 8.30. The van der Waals surface area contributed by atoms with Crippen molar-refractivity contribution in [2.24, 2.45) is 0 Å². The Morgan fingerprint density at radius 2 is 1.74 bits per heavy atom. The molecule has 2 heterocycles. The first kappa shape index (κ1) is 18.7. The Kier molecular flexibility index (Phi) is 5.59. The van der Waals surface area contributed by atoms with Crippen LogP contribution in [0.1, 0.15) is 38.6 Å². The van der Waals surface area contributed by atoms with E-state index in [2.05, 4.69) is 16.9 Å². The summed E-state index contributed by atoms with van der Waals surface area (Å²) >= 11 is 0. The van der Waals surface area contributed by atoms with Crippen molar-refractivity contribution in [2.45, 2.75) is 40.3 Å². The van der Waals surface area contributed by atoms with Gasteiger partial charge in [0.25, 0.3) is 5.56 Å². The van der Waals surface area contributed by atoms with Crippen LogP contribution in [0.15, 0.2) is 33.9 Å². The molecule has 1 N–H and O–H groups in total. The summed E-state index contributed by atoms with van der Waals surface area (Å²) in [6.07, 6.45) is 4.66. The molecule has 3 aromatic rings. The molecule has 2 aromatic heterocycles. The quantitative estimate of drug-likeness (QED) is 0.695. The van der Waals surface area contributed by atoms with E-state index in [4.69, 9.17) is 4.74 Å². The molecule has 142 valence electrons. The van der Waals surface area contributed by atoms with Crippen LogP contribution in [-0.2, 0) is 13.1 Å². The third-order valence-electron chi connectivity index (χ3n) is 4.30. The molecule has 0 bridgehead atoms. The topological polar surface area (TPSA) is 81.9 Å². The van der Waals surface area contributed by atoms with Crippen molar-refractivity contribution >= 4 is 23.3 Å². The van der Waals surface area contributed by atoms with E-state index >= 15 is 0 Å². The number of imidazole rings is 1. The summed E-state index contributed by atoms with van der Waals surface area (Å²) in [5.74, 6) is 1.37. The summed E-state index contributed by atoms with van der Waals surface area (Å²) in [6.45, 7) is 7.17. The van der Waals surface area contributed by atoms with Crippen LogP contribution in [0.3, 0.4) is 0 Å². The molecule has 27 heavy (non-hydrogen) atoms. The Morgan fingerprint density at radius 1 is 1.04 bits per heavy atom. The average molecular weight is 368 g/mol. The molecule has 0 saturated carbocycles. The number of aryl methyl sites for hydroxylation is 1. The van der Waals surface area contributed by atoms with Crippen molar-refractivity contribution in [1.29, 1.82) is 0 Å². The van der Waals surface area contributed by atoms with Crippen LogP contribution in [-0.4, -0.2) is 25.7 Å². The number of hydrogen-bond acceptors (Lipinski definition) is 4. The van der Waals surface area contributed by atoms with E-state index in [0.717, 1.165) is 17.7 Å². The number of fused-ring (bicyclic) bond motifs is 1. The first-order valence-electron chi connectivity index (χ1n) is 9.23. The molecule has 7 heteroatoms. The largest absolute Gasteiger partial charge is 0.494 e. The van der Waals surface area contributed by atoms with Crippen molar-refractivity contribution in [3.8, 4) is 5.75 Å². The van der Waals surface area contributed by atoms with Crippen LogP contribution in [0.4, 0.5) is 0 Å². The van der Waals surface area contributed by atoms with Crippen LogP contribution in [0.5, 0.6) is 5.75 Å². The van der Waals surface area contributed by atoms with Crippen molar-refractivity contribution in [2.75, 3.05) is 6.61 Å². The predicted octanol–water partition coefficient (Wildman–Crippen LogP) is 2.89. The Bertz CT molecular complexity index is 1070. The molecule has 7 nitrogen and oxygen atoms in total. The summed E-state index contributed by atoms with van der Waals surface area (Å²) in [5, 5.41) is 0. The Morgan fingerprint density at radius 3 is 2.37 bits per heavy atom. The lowest BCUT2D eigenvalue weighted by Crippen LogP contribution is -2.39. The third kappa shape index (κ3) is 3.72. The zero-order chi connectivity index (χ0) is 19.4. The second kappa shape index (κ2) is 8.07. The Balaban J connectivity index is 1.94. The Hall–Kier alpha value is -3.09. The first-order chi connectivity index (χ1) is 13.1. The van der Waals surface area contributed by atoms with Crippen LogP contribution in [0, 0.1) is 0 Å². The second-order valence-electron chi connectivity index (χ2n) is 6.15. The van der Waals surface area contributed by atoms with E-state index in [1.165, 1.54) is 9.13 Å². The molecule has 0 saturated heterocycles. The number of rotatable bonds is 7. The van der Waals surface area contributed by atoms with Gasteiger partial charge in [0, 0.05) is 13.1 Å². The number of ether oxygens (including phenoxy) is 1. The van der Waals surface area contributed by atoms with Gasteiger partial charge in [-0.15, -0.1) is 0 Å². The fourth-order valence-electron chi connectivity index (χ4n) is 2.90. The Labute approximate surface area is 156 Å². The lowest BCUT2D eigenvalue weighted by atomic mass is 10.2. The molecule has 0 aliphatic heterocycles. The van der Waals surface area contributed by atoms with E-state index in [0.29, 0.717) is 36.7 Å². The minimum absolute atomic E-state index is 0.324. The van der Waals surface area contributed by atoms with Gasteiger partial charge in [-0.3, -0.25) is 13.9 Å². The second-order valence-corrected chi connectivity index (χ2v) is 6.15. The van der Waals surface area contributed by atoms with E-state index in [1.54, 1.807) is 13.0 Å². The van der Waals surface area contributed by atoms with Gasteiger partial charge in [0.05, 0.1) is 6.61 Å². The minimum atomic E-state index is -0.341. The molecular weight excluding hydrogens is 344 g/mol. The van der Waals surface area contributed by atoms with Crippen molar-refractivity contribution in [3.05, 3.63) is 56.5 Å². The summed E-state index contributed by atoms with van der Waals surface area (Å²) in [5.41, 5.74) is 1.05. The van der Waals surface area contributed by atoms with Crippen LogP contribution in [0.2, 0.25) is 0 Å². The van der Waals surface area contributed by atoms with Crippen molar-refractivity contribution < 1.29 is 4.74 Å². The molecule has 3 rings (SSSR count). The number of aromatic amines is 1. The fraction of sp³-hybridized carbons (Fsp3) is 0.350. The average Bonchev–Trinajstić information content (AvgIpc) is 3.10. The number of H-pyrrole nitrogens is 1. The zero-order valence-corrected chi connectivity index (χ0v) is 15.9. The molecule has 0 aliphatic rings. The molecule has 0 unspecified atom stereocenters. The molecule has 0 aliphatic carbocycles. The van der Waals surface area contributed by atoms with Gasteiger partial charge in [-0.05, 0) is 44.0 Å². The molecule has 0 amide bonds. The number of hydrogen-bond donors (Lipinski definition) is 1. The summed E-state index contributed by atoms with van der Waals surface area (Å²) in [6, 6.07) is 7.75. The van der Waals surface area contributed by atoms with Gasteiger partial charge >= 0.3 is 5.69 Å². The maximum atomic E-state index is 12.5. The van der Waals surface area contributed by atoms with E-state index in [-0.39, 0.29) is 11.2 Å². The van der Waals surface area contributed by atoms with Crippen molar-refractivity contribution in [3.63, 3.8) is 0 Å². The highest BCUT2D eigenvalue weighted by atomic mass is 16.5. The van der Waals surface area contributed by atoms with E-state index in [9.17, 15) is 9.59 Å². The molecule has 0 fully saturated rings. The number of benzene rings is 1. The molecule has 0 radical (unpaired) electrons. The number of nitrogens with one attached hydrogen (secondary N) is 1. The van der Waals surface area contributed by atoms with Gasteiger partial charge in [-0.2, -0.15) is 0 Å². The van der Waals surface area contributed by atoms with Crippen LogP contribution in [0.25, 0.3) is 23.3 Å².